The molecule has 0 aromatic carbocycles. The van der Waals surface area contributed by atoms with E-state index in [9.17, 15) is 4.79 Å². The first-order valence-corrected chi connectivity index (χ1v) is 6.50. The molecule has 3 nitrogen and oxygen atoms in total. The number of amides is 1. The highest BCUT2D eigenvalue weighted by molar-refractivity contribution is 5.78. The maximum absolute atomic E-state index is 11.6. The third-order valence-corrected chi connectivity index (χ3v) is 3.57. The van der Waals surface area contributed by atoms with E-state index in [0.29, 0.717) is 12.5 Å². The van der Waals surface area contributed by atoms with Gasteiger partial charge in [-0.05, 0) is 44.1 Å². The highest BCUT2D eigenvalue weighted by Gasteiger charge is 2.27. The van der Waals surface area contributed by atoms with E-state index in [0.717, 1.165) is 18.4 Å². The Labute approximate surface area is 99.4 Å². The molecule has 0 aromatic heterocycles. The van der Waals surface area contributed by atoms with Gasteiger partial charge in [0.25, 0.3) is 0 Å². The molecule has 3 heteroatoms. The van der Waals surface area contributed by atoms with Crippen molar-refractivity contribution in [3.63, 3.8) is 0 Å². The number of nitrogens with one attached hydrogen (secondary N) is 2. The van der Waals surface area contributed by atoms with Crippen molar-refractivity contribution in [2.75, 3.05) is 13.1 Å². The molecule has 16 heavy (non-hydrogen) atoms. The summed E-state index contributed by atoms with van der Waals surface area (Å²) in [5.41, 5.74) is 0. The topological polar surface area (TPSA) is 41.1 Å². The Morgan fingerprint density at radius 2 is 1.88 bits per heavy atom. The fourth-order valence-corrected chi connectivity index (χ4v) is 1.72. The van der Waals surface area contributed by atoms with Crippen LogP contribution in [-0.4, -0.2) is 25.0 Å². The van der Waals surface area contributed by atoms with E-state index in [1.807, 2.05) is 0 Å². The lowest BCUT2D eigenvalue weighted by Gasteiger charge is -2.18. The van der Waals surface area contributed by atoms with Crippen LogP contribution in [0.2, 0.25) is 0 Å². The second-order valence-electron chi connectivity index (χ2n) is 5.55. The lowest BCUT2D eigenvalue weighted by Crippen LogP contribution is -2.42. The van der Waals surface area contributed by atoms with Gasteiger partial charge in [0.1, 0.15) is 0 Å². The Morgan fingerprint density at radius 3 is 2.38 bits per heavy atom. The van der Waals surface area contributed by atoms with Gasteiger partial charge in [-0.3, -0.25) is 4.79 Å². The van der Waals surface area contributed by atoms with Crippen LogP contribution in [0.25, 0.3) is 0 Å². The van der Waals surface area contributed by atoms with Crippen LogP contribution in [0.3, 0.4) is 0 Å². The SMILES string of the molecule is CC(C)C(C)NC(=O)CNCC(C)C1CC1. The molecular formula is C13H26N2O. The number of rotatable bonds is 7. The van der Waals surface area contributed by atoms with Crippen molar-refractivity contribution in [3.05, 3.63) is 0 Å². The minimum Gasteiger partial charge on any atom is -0.352 e. The molecule has 0 heterocycles. The molecule has 2 atom stereocenters. The molecule has 1 rings (SSSR count). The molecule has 0 aromatic rings. The van der Waals surface area contributed by atoms with Gasteiger partial charge in [-0.2, -0.15) is 0 Å². The molecule has 0 radical (unpaired) electrons. The van der Waals surface area contributed by atoms with Crippen LogP contribution in [0.4, 0.5) is 0 Å². The number of hydrogen-bond donors (Lipinski definition) is 2. The zero-order chi connectivity index (χ0) is 12.1. The van der Waals surface area contributed by atoms with Crippen LogP contribution >= 0.6 is 0 Å². The fraction of sp³-hybridized carbons (Fsp3) is 0.923. The summed E-state index contributed by atoms with van der Waals surface area (Å²) in [6, 6.07) is 0.259. The number of carbonyl (C=O) groups excluding carboxylic acids is 1. The largest absolute Gasteiger partial charge is 0.352 e. The first-order chi connectivity index (χ1) is 7.50. The van der Waals surface area contributed by atoms with Crippen molar-refractivity contribution in [1.82, 2.24) is 10.6 Å². The molecule has 0 aliphatic heterocycles. The average Bonchev–Trinajstić information content (AvgIpc) is 3.00. The number of hydrogen-bond acceptors (Lipinski definition) is 2. The van der Waals surface area contributed by atoms with Crippen LogP contribution in [0.15, 0.2) is 0 Å². The first kappa shape index (κ1) is 13.5. The second-order valence-corrected chi connectivity index (χ2v) is 5.55. The van der Waals surface area contributed by atoms with Crippen LogP contribution in [-0.2, 0) is 4.79 Å². The molecule has 1 aliphatic rings. The molecular weight excluding hydrogens is 200 g/mol. The summed E-state index contributed by atoms with van der Waals surface area (Å²) in [7, 11) is 0. The molecule has 1 amide bonds. The van der Waals surface area contributed by atoms with Gasteiger partial charge < -0.3 is 10.6 Å². The normalized spacial score (nSPS) is 19.6. The second kappa shape index (κ2) is 6.24. The van der Waals surface area contributed by atoms with Crippen molar-refractivity contribution in [2.45, 2.75) is 46.6 Å². The maximum Gasteiger partial charge on any atom is 0.234 e. The molecule has 1 aliphatic carbocycles. The van der Waals surface area contributed by atoms with E-state index in [2.05, 4.69) is 38.3 Å². The van der Waals surface area contributed by atoms with E-state index in [4.69, 9.17) is 0 Å². The average molecular weight is 226 g/mol. The van der Waals surface area contributed by atoms with Gasteiger partial charge in [0.15, 0.2) is 0 Å². The van der Waals surface area contributed by atoms with E-state index < -0.39 is 0 Å². The fourth-order valence-electron chi connectivity index (χ4n) is 1.72. The van der Waals surface area contributed by atoms with Crippen LogP contribution in [0, 0.1) is 17.8 Å². The minimum atomic E-state index is 0.115. The summed E-state index contributed by atoms with van der Waals surface area (Å²) in [5, 5.41) is 6.23. The molecule has 0 saturated heterocycles. The molecule has 94 valence electrons. The van der Waals surface area contributed by atoms with E-state index in [-0.39, 0.29) is 11.9 Å². The Kier molecular flexibility index (Phi) is 5.26. The van der Waals surface area contributed by atoms with E-state index >= 15 is 0 Å². The van der Waals surface area contributed by atoms with Crippen LogP contribution in [0.5, 0.6) is 0 Å². The summed E-state index contributed by atoms with van der Waals surface area (Å²) in [4.78, 5) is 11.6. The lowest BCUT2D eigenvalue weighted by atomic mass is 10.1. The van der Waals surface area contributed by atoms with Crippen molar-refractivity contribution in [3.8, 4) is 0 Å². The van der Waals surface area contributed by atoms with Gasteiger partial charge in [-0.1, -0.05) is 20.8 Å². The molecule has 1 saturated carbocycles. The summed E-state index contributed by atoms with van der Waals surface area (Å²) in [6.45, 7) is 9.97. The summed E-state index contributed by atoms with van der Waals surface area (Å²) in [6.07, 6.45) is 2.75. The monoisotopic (exact) mass is 226 g/mol. The zero-order valence-electron chi connectivity index (χ0n) is 11.0. The summed E-state index contributed by atoms with van der Waals surface area (Å²) < 4.78 is 0. The highest BCUT2D eigenvalue weighted by Crippen LogP contribution is 2.35. The van der Waals surface area contributed by atoms with Crippen LogP contribution in [0.1, 0.15) is 40.5 Å². The van der Waals surface area contributed by atoms with Crippen molar-refractivity contribution in [1.29, 1.82) is 0 Å². The standard InChI is InChI=1S/C13H26N2O/c1-9(2)11(4)15-13(16)8-14-7-10(3)12-5-6-12/h9-12,14H,5-8H2,1-4H3,(H,15,16). The van der Waals surface area contributed by atoms with Gasteiger partial charge in [0, 0.05) is 6.04 Å². The van der Waals surface area contributed by atoms with Gasteiger partial charge in [0.05, 0.1) is 6.54 Å². The first-order valence-electron chi connectivity index (χ1n) is 6.50. The smallest absolute Gasteiger partial charge is 0.234 e. The number of carbonyl (C=O) groups is 1. The quantitative estimate of drug-likeness (QED) is 0.695. The van der Waals surface area contributed by atoms with Crippen LogP contribution < -0.4 is 10.6 Å². The summed E-state index contributed by atoms with van der Waals surface area (Å²) in [5.74, 6) is 2.24. The molecule has 2 N–H and O–H groups in total. The Balaban J connectivity index is 2.05. The molecule has 0 bridgehead atoms. The third kappa shape index (κ3) is 4.97. The Morgan fingerprint density at radius 1 is 1.25 bits per heavy atom. The van der Waals surface area contributed by atoms with Gasteiger partial charge in [-0.15, -0.1) is 0 Å². The Bertz CT molecular complexity index is 224. The predicted molar refractivity (Wildman–Crippen MR) is 67.2 cm³/mol. The summed E-state index contributed by atoms with van der Waals surface area (Å²) >= 11 is 0. The molecule has 2 unspecified atom stereocenters. The zero-order valence-corrected chi connectivity index (χ0v) is 11.0. The molecule has 1 fully saturated rings. The predicted octanol–water partition coefficient (Wildman–Crippen LogP) is 1.78. The van der Waals surface area contributed by atoms with Crippen molar-refractivity contribution in [2.24, 2.45) is 17.8 Å². The maximum atomic E-state index is 11.6. The minimum absolute atomic E-state index is 0.115. The highest BCUT2D eigenvalue weighted by atomic mass is 16.1. The molecule has 0 spiro atoms. The lowest BCUT2D eigenvalue weighted by molar-refractivity contribution is -0.121. The van der Waals surface area contributed by atoms with Gasteiger partial charge in [0.2, 0.25) is 5.91 Å². The third-order valence-electron chi connectivity index (χ3n) is 3.57. The van der Waals surface area contributed by atoms with Gasteiger partial charge >= 0.3 is 0 Å². The van der Waals surface area contributed by atoms with Crippen molar-refractivity contribution >= 4 is 5.91 Å². The van der Waals surface area contributed by atoms with E-state index in [1.54, 1.807) is 0 Å². The van der Waals surface area contributed by atoms with Crippen molar-refractivity contribution < 1.29 is 4.79 Å². The Hall–Kier alpha value is -0.570. The van der Waals surface area contributed by atoms with E-state index in [1.165, 1.54) is 12.8 Å². The van der Waals surface area contributed by atoms with Gasteiger partial charge in [-0.25, -0.2) is 0 Å².